The van der Waals surface area contributed by atoms with Gasteiger partial charge in [-0.25, -0.2) is 9.80 Å². The number of aryl methyl sites for hydroxylation is 2. The molecular formula is C30H28N2O4. The van der Waals surface area contributed by atoms with Crippen molar-refractivity contribution in [3.63, 3.8) is 0 Å². The minimum Gasteiger partial charge on any atom is -0.273 e. The summed E-state index contributed by atoms with van der Waals surface area (Å²) in [7, 11) is 0. The van der Waals surface area contributed by atoms with Gasteiger partial charge in [-0.3, -0.25) is 19.2 Å². The van der Waals surface area contributed by atoms with Crippen molar-refractivity contribution in [3.05, 3.63) is 83.0 Å². The number of nitrogens with zero attached hydrogens (tertiary/aromatic N) is 2. The molecule has 0 spiro atoms. The predicted molar refractivity (Wildman–Crippen MR) is 136 cm³/mol. The maximum absolute atomic E-state index is 13.8. The van der Waals surface area contributed by atoms with Crippen LogP contribution < -0.4 is 9.80 Å². The lowest BCUT2D eigenvalue weighted by molar-refractivity contribution is -0.148. The highest BCUT2D eigenvalue weighted by molar-refractivity contribution is 6.22. The first-order valence-electron chi connectivity index (χ1n) is 12.5. The van der Waals surface area contributed by atoms with Gasteiger partial charge in [0.05, 0.1) is 35.0 Å². The van der Waals surface area contributed by atoms with Crippen molar-refractivity contribution in [1.82, 2.24) is 0 Å². The van der Waals surface area contributed by atoms with Crippen molar-refractivity contribution in [2.24, 2.45) is 35.5 Å². The molecule has 2 aromatic rings. The van der Waals surface area contributed by atoms with E-state index >= 15 is 0 Å². The summed E-state index contributed by atoms with van der Waals surface area (Å²) in [5, 5.41) is 0. The highest BCUT2D eigenvalue weighted by Gasteiger charge is 2.61. The zero-order chi connectivity index (χ0) is 25.5. The SMILES string of the molecule is Cc1cccc(N2C(=O)[C@H]3C=C[C@@H]4C(=O)N(c5cccc(C)c5C)C(=O)[C@H]5C=C[C@H](C2=O)C3C45)c1C. The second kappa shape index (κ2) is 7.85. The zero-order valence-electron chi connectivity index (χ0n) is 20.8. The van der Waals surface area contributed by atoms with Crippen LogP contribution in [-0.2, 0) is 19.2 Å². The van der Waals surface area contributed by atoms with E-state index in [0.717, 1.165) is 22.3 Å². The average molecular weight is 481 g/mol. The maximum atomic E-state index is 13.8. The summed E-state index contributed by atoms with van der Waals surface area (Å²) in [5.41, 5.74) is 4.99. The fourth-order valence-corrected chi connectivity index (χ4v) is 6.63. The molecule has 0 N–H and O–H groups in total. The Hall–Kier alpha value is -3.80. The molecule has 0 bridgehead atoms. The van der Waals surface area contributed by atoms with E-state index in [9.17, 15) is 19.2 Å². The van der Waals surface area contributed by atoms with Gasteiger partial charge in [0.1, 0.15) is 0 Å². The molecule has 36 heavy (non-hydrogen) atoms. The molecule has 4 amide bonds. The molecule has 2 aliphatic carbocycles. The number of imide groups is 2. The fourth-order valence-electron chi connectivity index (χ4n) is 6.63. The normalized spacial score (nSPS) is 30.7. The summed E-state index contributed by atoms with van der Waals surface area (Å²) >= 11 is 0. The highest BCUT2D eigenvalue weighted by atomic mass is 16.2. The molecule has 2 aromatic carbocycles. The molecule has 0 saturated carbocycles. The van der Waals surface area contributed by atoms with Gasteiger partial charge >= 0.3 is 0 Å². The Labute approximate surface area is 210 Å². The smallest absolute Gasteiger partial charge is 0.241 e. The first kappa shape index (κ1) is 22.7. The minimum absolute atomic E-state index is 0.282. The molecule has 0 aromatic heterocycles. The van der Waals surface area contributed by atoms with Crippen LogP contribution in [0.15, 0.2) is 60.7 Å². The second-order valence-corrected chi connectivity index (χ2v) is 10.5. The molecule has 2 saturated heterocycles. The first-order chi connectivity index (χ1) is 17.2. The standard InChI is InChI=1S/C30H28N2O4/c1-15-7-5-9-23(17(15)3)31-27(33)19-11-13-21-26-22(14-12-20(25(19)26)28(31)34)30(36)32(29(21)35)24-10-6-8-16(2)18(24)4/h5-14,19-22,25-26H,1-4H3/t19-,20-,21-,22-,25?,26?/m0/s1. The molecule has 2 heterocycles. The number of carbonyl (C=O) groups is 4. The summed E-state index contributed by atoms with van der Waals surface area (Å²) in [6.07, 6.45) is 7.21. The topological polar surface area (TPSA) is 74.8 Å². The Morgan fingerprint density at radius 1 is 0.500 bits per heavy atom. The van der Waals surface area contributed by atoms with Crippen molar-refractivity contribution in [1.29, 1.82) is 0 Å². The molecule has 4 atom stereocenters. The van der Waals surface area contributed by atoms with Crippen molar-refractivity contribution in [2.75, 3.05) is 9.80 Å². The number of piperidine rings is 2. The molecule has 182 valence electrons. The van der Waals surface area contributed by atoms with Gasteiger partial charge < -0.3 is 0 Å². The fraction of sp³-hybridized carbons (Fsp3) is 0.333. The lowest BCUT2D eigenvalue weighted by atomic mass is 9.55. The van der Waals surface area contributed by atoms with Crippen molar-refractivity contribution < 1.29 is 19.2 Å². The molecular weight excluding hydrogens is 452 g/mol. The van der Waals surface area contributed by atoms with Crippen LogP contribution in [-0.4, -0.2) is 23.6 Å². The number of rotatable bonds is 2. The van der Waals surface area contributed by atoms with Gasteiger partial charge in [0.25, 0.3) is 0 Å². The van der Waals surface area contributed by atoms with Gasteiger partial charge in [-0.2, -0.15) is 0 Å². The average Bonchev–Trinajstić information content (AvgIpc) is 2.86. The van der Waals surface area contributed by atoms with E-state index in [2.05, 4.69) is 0 Å². The molecule has 0 radical (unpaired) electrons. The van der Waals surface area contributed by atoms with E-state index in [1.165, 1.54) is 9.80 Å². The van der Waals surface area contributed by atoms with Crippen LogP contribution in [0.4, 0.5) is 11.4 Å². The van der Waals surface area contributed by atoms with Crippen LogP contribution >= 0.6 is 0 Å². The summed E-state index contributed by atoms with van der Waals surface area (Å²) in [6.45, 7) is 7.74. The van der Waals surface area contributed by atoms with E-state index in [4.69, 9.17) is 0 Å². The molecule has 2 fully saturated rings. The van der Waals surface area contributed by atoms with Crippen LogP contribution in [0.2, 0.25) is 0 Å². The van der Waals surface area contributed by atoms with Gasteiger partial charge in [0.15, 0.2) is 0 Å². The van der Waals surface area contributed by atoms with Gasteiger partial charge in [-0.1, -0.05) is 48.6 Å². The lowest BCUT2D eigenvalue weighted by Gasteiger charge is -2.53. The predicted octanol–water partition coefficient (Wildman–Crippen LogP) is 4.20. The number of hydrogen-bond donors (Lipinski definition) is 0. The molecule has 0 unspecified atom stereocenters. The number of hydrogen-bond acceptors (Lipinski definition) is 4. The Balaban J connectivity index is 1.45. The van der Waals surface area contributed by atoms with Crippen molar-refractivity contribution in [2.45, 2.75) is 27.7 Å². The number of carbonyl (C=O) groups excluding carboxylic acids is 4. The lowest BCUT2D eigenvalue weighted by Crippen LogP contribution is -2.64. The highest BCUT2D eigenvalue weighted by Crippen LogP contribution is 2.53. The van der Waals surface area contributed by atoms with Crippen LogP contribution in [0.25, 0.3) is 0 Å². The van der Waals surface area contributed by atoms with E-state index < -0.39 is 35.5 Å². The molecule has 4 aliphatic rings. The Morgan fingerprint density at radius 3 is 1.11 bits per heavy atom. The molecule has 2 aliphatic heterocycles. The second-order valence-electron chi connectivity index (χ2n) is 10.5. The third kappa shape index (κ3) is 2.90. The van der Waals surface area contributed by atoms with E-state index in [1.807, 2.05) is 52.0 Å². The molecule has 6 rings (SSSR count). The minimum atomic E-state index is -0.561. The number of benzene rings is 2. The third-order valence-corrected chi connectivity index (χ3v) is 8.81. The Kier molecular flexibility index (Phi) is 4.94. The summed E-state index contributed by atoms with van der Waals surface area (Å²) in [5.74, 6) is -4.20. The van der Waals surface area contributed by atoms with E-state index in [1.54, 1.807) is 36.4 Å². The summed E-state index contributed by atoms with van der Waals surface area (Å²) < 4.78 is 0. The largest absolute Gasteiger partial charge is 0.273 e. The van der Waals surface area contributed by atoms with Gasteiger partial charge in [0, 0.05) is 0 Å². The van der Waals surface area contributed by atoms with E-state index in [-0.39, 0.29) is 23.6 Å². The number of anilines is 2. The molecule has 6 heteroatoms. The van der Waals surface area contributed by atoms with Crippen molar-refractivity contribution >= 4 is 35.0 Å². The van der Waals surface area contributed by atoms with Gasteiger partial charge in [-0.15, -0.1) is 0 Å². The van der Waals surface area contributed by atoms with Gasteiger partial charge in [-0.05, 0) is 73.9 Å². The van der Waals surface area contributed by atoms with E-state index in [0.29, 0.717) is 11.4 Å². The van der Waals surface area contributed by atoms with Crippen LogP contribution in [0.5, 0.6) is 0 Å². The van der Waals surface area contributed by atoms with Crippen molar-refractivity contribution in [3.8, 4) is 0 Å². The quantitative estimate of drug-likeness (QED) is 0.477. The summed E-state index contributed by atoms with van der Waals surface area (Å²) in [6, 6.07) is 11.2. The number of amides is 4. The Bertz CT molecular complexity index is 1260. The first-order valence-corrected chi connectivity index (χ1v) is 12.5. The molecule has 6 nitrogen and oxygen atoms in total. The summed E-state index contributed by atoms with van der Waals surface area (Å²) in [4.78, 5) is 57.7. The van der Waals surface area contributed by atoms with Crippen LogP contribution in [0.3, 0.4) is 0 Å². The van der Waals surface area contributed by atoms with Crippen LogP contribution in [0.1, 0.15) is 22.3 Å². The zero-order valence-corrected chi connectivity index (χ0v) is 20.8. The van der Waals surface area contributed by atoms with Gasteiger partial charge in [0.2, 0.25) is 23.6 Å². The third-order valence-electron chi connectivity index (χ3n) is 8.81. The maximum Gasteiger partial charge on any atom is 0.241 e. The monoisotopic (exact) mass is 480 g/mol. The Morgan fingerprint density at radius 2 is 0.806 bits per heavy atom. The van der Waals surface area contributed by atoms with Crippen LogP contribution in [0, 0.1) is 63.2 Å².